The van der Waals surface area contributed by atoms with Gasteiger partial charge < -0.3 is 23.4 Å². The molecule has 0 amide bonds. The van der Waals surface area contributed by atoms with Crippen LogP contribution in [-0.4, -0.2) is 47.0 Å². The number of hydrogen-bond acceptors (Lipinski definition) is 5. The van der Waals surface area contributed by atoms with E-state index in [-0.39, 0.29) is 46.9 Å². The third-order valence-corrected chi connectivity index (χ3v) is 3.67. The van der Waals surface area contributed by atoms with Gasteiger partial charge in [-0.2, -0.15) is 37.3 Å². The standard InChI is InChI=1S/C9H11BO2.C8H8BO2.C2H3O.Y/c1-8-4-2-3-5-9(8)10-11-6-7-12-10;1-2-4-8(5-3-1)9-10-6-7-11-9;1-2-3;/h2-5H,6-7H2,1H3;1-4H,6-7H2;1H3;/q;2*-1;. The largest absolute Gasteiger partial charge is 0.542 e. The van der Waals surface area contributed by atoms with Crippen LogP contribution in [0.1, 0.15) is 12.5 Å². The van der Waals surface area contributed by atoms with E-state index in [0.29, 0.717) is 26.4 Å². The number of aryl methyl sites for hydroxylation is 1. The summed E-state index contributed by atoms with van der Waals surface area (Å²) in [5, 5.41) is 0. The van der Waals surface area contributed by atoms with Crippen molar-refractivity contribution in [3.8, 4) is 0 Å². The van der Waals surface area contributed by atoms with Crippen LogP contribution in [0.4, 0.5) is 0 Å². The molecule has 2 saturated heterocycles. The van der Waals surface area contributed by atoms with Crippen molar-refractivity contribution in [3.63, 3.8) is 0 Å². The molecule has 0 aliphatic carbocycles. The Morgan fingerprint density at radius 3 is 1.93 bits per heavy atom. The van der Waals surface area contributed by atoms with E-state index < -0.39 is 0 Å². The molecule has 2 fully saturated rings. The first-order valence-corrected chi connectivity index (χ1v) is 8.53. The normalized spacial score (nSPS) is 15.0. The molecule has 0 aromatic heterocycles. The Bertz CT molecular complexity index is 648. The van der Waals surface area contributed by atoms with Gasteiger partial charge in [0.1, 0.15) is 0 Å². The van der Waals surface area contributed by atoms with E-state index in [2.05, 4.69) is 19.1 Å². The monoisotopic (exact) mass is 441 g/mol. The maximum Gasteiger partial charge on any atom is 0.494 e. The van der Waals surface area contributed by atoms with Crippen LogP contribution in [0.3, 0.4) is 0 Å². The van der Waals surface area contributed by atoms with Crippen molar-refractivity contribution in [2.24, 2.45) is 0 Å². The fraction of sp³-hybridized carbons (Fsp3) is 0.316. The van der Waals surface area contributed by atoms with Crippen molar-refractivity contribution in [1.29, 1.82) is 0 Å². The molecule has 2 aliphatic heterocycles. The minimum atomic E-state index is -0.184. The quantitative estimate of drug-likeness (QED) is 0.516. The molecule has 0 atom stereocenters. The third kappa shape index (κ3) is 8.38. The molecular weight excluding hydrogens is 419 g/mol. The summed E-state index contributed by atoms with van der Waals surface area (Å²) in [6.07, 6.45) is 1.50. The number of hydrogen-bond donors (Lipinski definition) is 0. The summed E-state index contributed by atoms with van der Waals surface area (Å²) in [5.41, 5.74) is 3.35. The van der Waals surface area contributed by atoms with E-state index in [1.807, 2.05) is 42.5 Å². The molecular formula is C19H22B2O5Y-2. The predicted molar refractivity (Wildman–Crippen MR) is 102 cm³/mol. The molecule has 0 N–H and O–H groups in total. The van der Waals surface area contributed by atoms with Gasteiger partial charge >= 0.3 is 14.2 Å². The maximum absolute atomic E-state index is 8.68. The molecule has 0 unspecified atom stereocenters. The topological polar surface area (TPSA) is 54.0 Å². The minimum Gasteiger partial charge on any atom is -0.542 e. The fourth-order valence-electron chi connectivity index (χ4n) is 2.48. The average Bonchev–Trinajstić information content (AvgIpc) is 3.38. The van der Waals surface area contributed by atoms with E-state index in [1.165, 1.54) is 18.8 Å². The zero-order valence-corrected chi connectivity index (χ0v) is 18.6. The van der Waals surface area contributed by atoms with Gasteiger partial charge in [0.25, 0.3) is 0 Å². The molecule has 5 nitrogen and oxygen atoms in total. The van der Waals surface area contributed by atoms with Gasteiger partial charge in [-0.3, -0.25) is 6.29 Å². The van der Waals surface area contributed by atoms with Crippen molar-refractivity contribution in [1.82, 2.24) is 0 Å². The summed E-state index contributed by atoms with van der Waals surface area (Å²) in [6, 6.07) is 18.9. The van der Waals surface area contributed by atoms with Crippen LogP contribution < -0.4 is 10.9 Å². The van der Waals surface area contributed by atoms with Gasteiger partial charge in [-0.25, -0.2) is 0 Å². The molecule has 1 radical (unpaired) electrons. The Morgan fingerprint density at radius 1 is 0.889 bits per heavy atom. The Kier molecular flexibility index (Phi) is 12.8. The second-order valence-corrected chi connectivity index (χ2v) is 5.53. The van der Waals surface area contributed by atoms with Gasteiger partial charge in [-0.1, -0.05) is 29.8 Å². The van der Waals surface area contributed by atoms with Gasteiger partial charge in [0.2, 0.25) is 0 Å². The summed E-state index contributed by atoms with van der Waals surface area (Å²) in [5.74, 6) is 0. The minimum absolute atomic E-state index is 0. The molecule has 0 spiro atoms. The van der Waals surface area contributed by atoms with Crippen LogP contribution in [0.15, 0.2) is 48.5 Å². The Balaban J connectivity index is 0.000000229. The summed E-state index contributed by atoms with van der Waals surface area (Å²) in [7, 11) is -0.317. The molecule has 8 heteroatoms. The molecule has 27 heavy (non-hydrogen) atoms. The summed E-state index contributed by atoms with van der Waals surface area (Å²) < 4.78 is 21.4. The predicted octanol–water partition coefficient (Wildman–Crippen LogP) is 1.08. The molecule has 2 aliphatic rings. The van der Waals surface area contributed by atoms with Crippen molar-refractivity contribution in [2.75, 3.05) is 26.4 Å². The van der Waals surface area contributed by atoms with Crippen molar-refractivity contribution < 1.29 is 56.1 Å². The van der Waals surface area contributed by atoms with Crippen molar-refractivity contribution >= 4 is 31.4 Å². The summed E-state index contributed by atoms with van der Waals surface area (Å²) in [6.45, 7) is 6.18. The second kappa shape index (κ2) is 14.2. The molecule has 2 aromatic rings. The molecule has 139 valence electrons. The SMILES string of the molecule is C[C-]=O.Cc1ccccc1B1OCCO1.[Y].[c-]1ccccc1B1OCCO1. The smallest absolute Gasteiger partial charge is 0.494 e. The zero-order valence-electron chi connectivity index (χ0n) is 15.7. The van der Waals surface area contributed by atoms with Crippen LogP contribution in [0, 0.1) is 13.0 Å². The van der Waals surface area contributed by atoms with E-state index in [4.69, 9.17) is 23.4 Å². The Labute approximate surface area is 187 Å². The van der Waals surface area contributed by atoms with Gasteiger partial charge in [-0.05, 0) is 12.4 Å². The zero-order chi connectivity index (χ0) is 18.6. The molecule has 2 aromatic carbocycles. The van der Waals surface area contributed by atoms with E-state index in [9.17, 15) is 0 Å². The van der Waals surface area contributed by atoms with Gasteiger partial charge in [0.05, 0.1) is 26.4 Å². The van der Waals surface area contributed by atoms with Crippen molar-refractivity contribution in [2.45, 2.75) is 13.8 Å². The summed E-state index contributed by atoms with van der Waals surface area (Å²) >= 11 is 0. The molecule has 4 rings (SSSR count). The first-order chi connectivity index (χ1) is 12.8. The van der Waals surface area contributed by atoms with E-state index >= 15 is 0 Å². The van der Waals surface area contributed by atoms with Crippen LogP contribution >= 0.6 is 0 Å². The first kappa shape index (κ1) is 24.2. The van der Waals surface area contributed by atoms with Crippen LogP contribution in [-0.2, 0) is 56.1 Å². The Hall–Kier alpha value is -0.816. The van der Waals surface area contributed by atoms with Gasteiger partial charge in [-0.15, -0.1) is 5.46 Å². The fourth-order valence-corrected chi connectivity index (χ4v) is 2.48. The van der Waals surface area contributed by atoms with E-state index in [1.54, 1.807) is 0 Å². The number of rotatable bonds is 2. The first-order valence-electron chi connectivity index (χ1n) is 8.53. The molecule has 0 bridgehead atoms. The number of benzene rings is 2. The van der Waals surface area contributed by atoms with Crippen LogP contribution in [0.2, 0.25) is 0 Å². The average molecular weight is 441 g/mol. The van der Waals surface area contributed by atoms with Gasteiger partial charge in [0.15, 0.2) is 0 Å². The number of carbonyl (C=O) groups excluding carboxylic acids is 1. The van der Waals surface area contributed by atoms with Crippen molar-refractivity contribution in [3.05, 3.63) is 60.2 Å². The Morgan fingerprint density at radius 2 is 1.41 bits per heavy atom. The summed E-state index contributed by atoms with van der Waals surface area (Å²) in [4.78, 5) is 8.68. The maximum atomic E-state index is 8.68. The molecule has 2 heterocycles. The van der Waals surface area contributed by atoms with Gasteiger partial charge in [0, 0.05) is 32.7 Å². The van der Waals surface area contributed by atoms with Crippen LogP contribution in [0.5, 0.6) is 0 Å². The molecule has 0 saturated carbocycles. The third-order valence-electron chi connectivity index (χ3n) is 3.67. The second-order valence-electron chi connectivity index (χ2n) is 5.53. The van der Waals surface area contributed by atoms with E-state index in [0.717, 1.165) is 10.9 Å². The van der Waals surface area contributed by atoms with Crippen LogP contribution in [0.25, 0.3) is 0 Å².